The largest absolute Gasteiger partial charge is 0.354 e. The first kappa shape index (κ1) is 15.0. The molecule has 1 aromatic heterocycles. The van der Waals surface area contributed by atoms with Crippen molar-refractivity contribution in [3.63, 3.8) is 0 Å². The first-order valence-corrected chi connectivity index (χ1v) is 7.06. The van der Waals surface area contributed by atoms with Gasteiger partial charge in [-0.3, -0.25) is 9.78 Å². The molecule has 21 heavy (non-hydrogen) atoms. The molecular weight excluding hydrogens is 262 g/mol. The third kappa shape index (κ3) is 3.81. The van der Waals surface area contributed by atoms with Gasteiger partial charge >= 0.3 is 0 Å². The van der Waals surface area contributed by atoms with E-state index in [2.05, 4.69) is 41.6 Å². The van der Waals surface area contributed by atoms with Crippen LogP contribution in [-0.4, -0.2) is 16.9 Å². The quantitative estimate of drug-likeness (QED) is 0.901. The number of amides is 1. The van der Waals surface area contributed by atoms with Gasteiger partial charge in [0.25, 0.3) is 5.91 Å². The molecule has 0 aliphatic heterocycles. The summed E-state index contributed by atoms with van der Waals surface area (Å²) in [5.41, 5.74) is 4.74. The number of carbonyl (C=O) groups excluding carboxylic acids is 1. The van der Waals surface area contributed by atoms with Gasteiger partial charge in [-0.15, -0.1) is 0 Å². The molecule has 2 aromatic rings. The molecule has 1 amide bonds. The number of aromatic nitrogens is 1. The van der Waals surface area contributed by atoms with Crippen LogP contribution in [-0.2, 0) is 0 Å². The summed E-state index contributed by atoms with van der Waals surface area (Å²) in [4.78, 5) is 16.2. The molecule has 4 heteroatoms. The lowest BCUT2D eigenvalue weighted by Crippen LogP contribution is -2.30. The summed E-state index contributed by atoms with van der Waals surface area (Å²) < 4.78 is 0. The first-order chi connectivity index (χ1) is 9.97. The number of para-hydroxylation sites is 1. The molecule has 2 N–H and O–H groups in total. The van der Waals surface area contributed by atoms with Crippen molar-refractivity contribution in [3.8, 4) is 0 Å². The fraction of sp³-hybridized carbons (Fsp3) is 0.294. The highest BCUT2D eigenvalue weighted by molar-refractivity contribution is 5.95. The second-order valence-electron chi connectivity index (χ2n) is 5.48. The maximum absolute atomic E-state index is 12.0. The third-order valence-electron chi connectivity index (χ3n) is 3.17. The summed E-state index contributed by atoms with van der Waals surface area (Å²) in [5.74, 6) is -0.109. The Labute approximate surface area is 125 Å². The van der Waals surface area contributed by atoms with Crippen molar-refractivity contribution in [3.05, 3.63) is 53.3 Å². The van der Waals surface area contributed by atoms with E-state index in [1.165, 1.54) is 0 Å². The molecule has 0 radical (unpaired) electrons. The molecule has 0 aliphatic carbocycles. The van der Waals surface area contributed by atoms with Crippen LogP contribution < -0.4 is 10.6 Å². The van der Waals surface area contributed by atoms with E-state index in [1.54, 1.807) is 12.4 Å². The highest BCUT2D eigenvalue weighted by Gasteiger charge is 2.09. The zero-order valence-corrected chi connectivity index (χ0v) is 12.9. The number of benzene rings is 1. The van der Waals surface area contributed by atoms with E-state index in [-0.39, 0.29) is 11.9 Å². The van der Waals surface area contributed by atoms with E-state index in [4.69, 9.17) is 0 Å². The van der Waals surface area contributed by atoms with Gasteiger partial charge in [-0.1, -0.05) is 18.2 Å². The predicted molar refractivity (Wildman–Crippen MR) is 86.0 cm³/mol. The van der Waals surface area contributed by atoms with Crippen LogP contribution in [0.1, 0.15) is 35.3 Å². The fourth-order valence-corrected chi connectivity index (χ4v) is 2.13. The van der Waals surface area contributed by atoms with E-state index in [1.807, 2.05) is 26.0 Å². The molecule has 110 valence electrons. The normalized spacial score (nSPS) is 10.5. The monoisotopic (exact) mass is 283 g/mol. The summed E-state index contributed by atoms with van der Waals surface area (Å²) in [5, 5.41) is 6.21. The van der Waals surface area contributed by atoms with E-state index >= 15 is 0 Å². The Morgan fingerprint density at radius 2 is 1.81 bits per heavy atom. The van der Waals surface area contributed by atoms with Gasteiger partial charge in [0.15, 0.2) is 0 Å². The molecule has 0 saturated carbocycles. The molecule has 0 aliphatic rings. The average Bonchev–Trinajstić information content (AvgIpc) is 2.43. The summed E-state index contributed by atoms with van der Waals surface area (Å²) in [6, 6.07) is 8.06. The number of anilines is 2. The van der Waals surface area contributed by atoms with Crippen molar-refractivity contribution in [2.24, 2.45) is 0 Å². The lowest BCUT2D eigenvalue weighted by atomic mass is 10.1. The van der Waals surface area contributed by atoms with Crippen LogP contribution in [0.25, 0.3) is 0 Å². The van der Waals surface area contributed by atoms with Crippen LogP contribution in [0.4, 0.5) is 11.4 Å². The van der Waals surface area contributed by atoms with Crippen LogP contribution in [0.15, 0.2) is 36.7 Å². The number of aryl methyl sites for hydroxylation is 2. The lowest BCUT2D eigenvalue weighted by Gasteiger charge is -2.13. The van der Waals surface area contributed by atoms with Crippen LogP contribution in [0, 0.1) is 13.8 Å². The number of hydrogen-bond acceptors (Lipinski definition) is 3. The molecular formula is C17H21N3O. The Balaban J connectivity index is 2.24. The van der Waals surface area contributed by atoms with E-state index in [0.717, 1.165) is 22.5 Å². The van der Waals surface area contributed by atoms with Gasteiger partial charge < -0.3 is 10.6 Å². The summed E-state index contributed by atoms with van der Waals surface area (Å²) in [6.07, 6.45) is 3.30. The van der Waals surface area contributed by atoms with Gasteiger partial charge in [-0.05, 0) is 44.9 Å². The first-order valence-electron chi connectivity index (χ1n) is 7.06. The summed E-state index contributed by atoms with van der Waals surface area (Å²) in [6.45, 7) is 7.98. The van der Waals surface area contributed by atoms with Crippen molar-refractivity contribution >= 4 is 17.3 Å². The fourth-order valence-electron chi connectivity index (χ4n) is 2.13. The molecule has 0 fully saturated rings. The minimum absolute atomic E-state index is 0.104. The maximum Gasteiger partial charge on any atom is 0.253 e. The van der Waals surface area contributed by atoms with E-state index in [0.29, 0.717) is 5.56 Å². The Morgan fingerprint density at radius 1 is 1.14 bits per heavy atom. The predicted octanol–water partition coefficient (Wildman–Crippen LogP) is 3.58. The lowest BCUT2D eigenvalue weighted by molar-refractivity contribution is 0.0943. The number of nitrogens with one attached hydrogen (secondary N) is 2. The van der Waals surface area contributed by atoms with Crippen LogP contribution in [0.2, 0.25) is 0 Å². The standard InChI is InChI=1S/C17H21N3O/c1-11(2)19-17(21)14-8-15(10-18-9-14)20-16-12(3)6-5-7-13(16)4/h5-11,20H,1-4H3,(H,19,21). The van der Waals surface area contributed by atoms with Crippen LogP contribution >= 0.6 is 0 Å². The van der Waals surface area contributed by atoms with Crippen LogP contribution in [0.5, 0.6) is 0 Å². The molecule has 1 aromatic carbocycles. The van der Waals surface area contributed by atoms with E-state index < -0.39 is 0 Å². The van der Waals surface area contributed by atoms with E-state index in [9.17, 15) is 4.79 Å². The molecule has 0 unspecified atom stereocenters. The van der Waals surface area contributed by atoms with Crippen molar-refractivity contribution in [2.45, 2.75) is 33.7 Å². The van der Waals surface area contributed by atoms with Crippen molar-refractivity contribution in [2.75, 3.05) is 5.32 Å². The average molecular weight is 283 g/mol. The summed E-state index contributed by atoms with van der Waals surface area (Å²) >= 11 is 0. The smallest absolute Gasteiger partial charge is 0.253 e. The topological polar surface area (TPSA) is 54.0 Å². The summed E-state index contributed by atoms with van der Waals surface area (Å²) in [7, 11) is 0. The molecule has 2 rings (SSSR count). The second kappa shape index (κ2) is 6.39. The molecule has 0 saturated heterocycles. The number of hydrogen-bond donors (Lipinski definition) is 2. The minimum atomic E-state index is -0.109. The molecule has 0 spiro atoms. The van der Waals surface area contributed by atoms with Gasteiger partial charge in [0.05, 0.1) is 17.4 Å². The van der Waals surface area contributed by atoms with Gasteiger partial charge in [-0.2, -0.15) is 0 Å². The Hall–Kier alpha value is -2.36. The zero-order chi connectivity index (χ0) is 15.4. The number of rotatable bonds is 4. The highest BCUT2D eigenvalue weighted by atomic mass is 16.1. The Morgan fingerprint density at radius 3 is 2.43 bits per heavy atom. The third-order valence-corrected chi connectivity index (χ3v) is 3.17. The van der Waals surface area contributed by atoms with Crippen LogP contribution in [0.3, 0.4) is 0 Å². The van der Waals surface area contributed by atoms with Gasteiger partial charge in [0.2, 0.25) is 0 Å². The van der Waals surface area contributed by atoms with Gasteiger partial charge in [-0.25, -0.2) is 0 Å². The number of carbonyl (C=O) groups is 1. The second-order valence-corrected chi connectivity index (χ2v) is 5.48. The zero-order valence-electron chi connectivity index (χ0n) is 12.9. The molecule has 0 bridgehead atoms. The van der Waals surface area contributed by atoms with Gasteiger partial charge in [0.1, 0.15) is 0 Å². The van der Waals surface area contributed by atoms with Crippen molar-refractivity contribution in [1.82, 2.24) is 10.3 Å². The SMILES string of the molecule is Cc1cccc(C)c1Nc1cncc(C(=O)NC(C)C)c1. The molecule has 0 atom stereocenters. The number of nitrogens with zero attached hydrogens (tertiary/aromatic N) is 1. The molecule has 1 heterocycles. The maximum atomic E-state index is 12.0. The van der Waals surface area contributed by atoms with Crippen molar-refractivity contribution < 1.29 is 4.79 Å². The number of pyridine rings is 1. The Bertz CT molecular complexity index is 630. The Kier molecular flexibility index (Phi) is 4.58. The highest BCUT2D eigenvalue weighted by Crippen LogP contribution is 2.24. The van der Waals surface area contributed by atoms with Gasteiger partial charge in [0, 0.05) is 17.9 Å². The van der Waals surface area contributed by atoms with Crippen molar-refractivity contribution in [1.29, 1.82) is 0 Å². The minimum Gasteiger partial charge on any atom is -0.354 e. The molecule has 4 nitrogen and oxygen atoms in total.